The van der Waals surface area contributed by atoms with Crippen molar-refractivity contribution in [2.75, 3.05) is 14.1 Å². The molecule has 0 amide bonds. The predicted molar refractivity (Wildman–Crippen MR) is 76.9 cm³/mol. The molecule has 0 aliphatic heterocycles. The van der Waals surface area contributed by atoms with E-state index in [1.54, 1.807) is 12.1 Å². The van der Waals surface area contributed by atoms with Gasteiger partial charge < -0.3 is 4.90 Å². The van der Waals surface area contributed by atoms with Gasteiger partial charge in [0.05, 0.1) is 11.1 Å². The first-order valence-corrected chi connectivity index (χ1v) is 6.67. The van der Waals surface area contributed by atoms with Crippen molar-refractivity contribution in [1.29, 1.82) is 0 Å². The maximum absolute atomic E-state index is 14.2. The number of benzene rings is 1. The minimum atomic E-state index is -0.455. The fourth-order valence-electron chi connectivity index (χ4n) is 1.70. The average Bonchev–Trinajstić information content (AvgIpc) is 2.29. The molecule has 6 heteroatoms. The van der Waals surface area contributed by atoms with Crippen LogP contribution >= 0.6 is 27.5 Å². The first-order valence-electron chi connectivity index (χ1n) is 5.50. The quantitative estimate of drug-likeness (QED) is 0.503. The minimum absolute atomic E-state index is 0.0716. The number of hydrazine groups is 1. The van der Waals surface area contributed by atoms with E-state index in [0.717, 1.165) is 0 Å². The lowest BCUT2D eigenvalue weighted by Gasteiger charge is -2.40. The van der Waals surface area contributed by atoms with Crippen LogP contribution in [0, 0.1) is 5.82 Å². The number of hydrogen-bond acceptors (Lipinski definition) is 3. The Morgan fingerprint density at radius 1 is 1.44 bits per heavy atom. The molecule has 102 valence electrons. The van der Waals surface area contributed by atoms with Gasteiger partial charge in [0.15, 0.2) is 0 Å². The summed E-state index contributed by atoms with van der Waals surface area (Å²) in [5.74, 6) is 5.13. The monoisotopic (exact) mass is 337 g/mol. The third kappa shape index (κ3) is 2.86. The van der Waals surface area contributed by atoms with Crippen LogP contribution in [0.4, 0.5) is 4.39 Å². The Morgan fingerprint density at radius 3 is 2.44 bits per heavy atom. The fraction of sp³-hybridized carbons (Fsp3) is 0.500. The molecule has 0 fully saturated rings. The molecule has 1 aromatic carbocycles. The summed E-state index contributed by atoms with van der Waals surface area (Å²) in [6.07, 6.45) is 0. The molecular formula is C12H18BrClFN3. The van der Waals surface area contributed by atoms with Crippen LogP contribution < -0.4 is 11.3 Å². The van der Waals surface area contributed by atoms with Crippen LogP contribution in [-0.2, 0) is 0 Å². The molecule has 0 aliphatic carbocycles. The zero-order chi connectivity index (χ0) is 14.1. The Kier molecular flexibility index (Phi) is 5.14. The number of nitrogens with two attached hydrogens (primary N) is 1. The van der Waals surface area contributed by atoms with E-state index in [4.69, 9.17) is 17.4 Å². The summed E-state index contributed by atoms with van der Waals surface area (Å²) >= 11 is 9.11. The molecule has 0 spiro atoms. The second-order valence-electron chi connectivity index (χ2n) is 4.91. The van der Waals surface area contributed by atoms with Gasteiger partial charge in [0.25, 0.3) is 0 Å². The SMILES string of the molecule is CN(C)C(C)(C)C(NN)c1ccc(Br)c(Cl)c1F. The van der Waals surface area contributed by atoms with Crippen LogP contribution in [0.15, 0.2) is 16.6 Å². The second kappa shape index (κ2) is 5.84. The topological polar surface area (TPSA) is 41.3 Å². The lowest BCUT2D eigenvalue weighted by atomic mass is 9.87. The molecule has 0 saturated carbocycles. The molecule has 0 aromatic heterocycles. The Labute approximate surface area is 121 Å². The van der Waals surface area contributed by atoms with E-state index >= 15 is 0 Å². The molecule has 0 radical (unpaired) electrons. The van der Waals surface area contributed by atoms with Crippen LogP contribution in [-0.4, -0.2) is 24.5 Å². The molecule has 1 unspecified atom stereocenters. The van der Waals surface area contributed by atoms with Crippen molar-refractivity contribution in [3.05, 3.63) is 33.0 Å². The highest BCUT2D eigenvalue weighted by Crippen LogP contribution is 2.35. The summed E-state index contributed by atoms with van der Waals surface area (Å²) in [4.78, 5) is 1.98. The van der Waals surface area contributed by atoms with Crippen LogP contribution in [0.1, 0.15) is 25.5 Å². The van der Waals surface area contributed by atoms with Gasteiger partial charge in [-0.25, -0.2) is 4.39 Å². The van der Waals surface area contributed by atoms with Crippen LogP contribution in [0.25, 0.3) is 0 Å². The lowest BCUT2D eigenvalue weighted by molar-refractivity contribution is 0.136. The van der Waals surface area contributed by atoms with Crippen molar-refractivity contribution in [2.45, 2.75) is 25.4 Å². The molecular weight excluding hydrogens is 321 g/mol. The van der Waals surface area contributed by atoms with E-state index in [-0.39, 0.29) is 16.6 Å². The molecule has 18 heavy (non-hydrogen) atoms. The second-order valence-corrected chi connectivity index (χ2v) is 6.14. The average molecular weight is 339 g/mol. The summed E-state index contributed by atoms with van der Waals surface area (Å²) in [7, 11) is 3.84. The number of rotatable bonds is 4. The first kappa shape index (κ1) is 15.9. The number of nitrogens with zero attached hydrogens (tertiary/aromatic N) is 1. The summed E-state index contributed by atoms with van der Waals surface area (Å²) < 4.78 is 14.7. The summed E-state index contributed by atoms with van der Waals surface area (Å²) in [5.41, 5.74) is 2.75. The third-order valence-electron chi connectivity index (χ3n) is 3.40. The van der Waals surface area contributed by atoms with Crippen molar-refractivity contribution in [3.63, 3.8) is 0 Å². The lowest BCUT2D eigenvalue weighted by Crippen LogP contribution is -2.51. The highest BCUT2D eigenvalue weighted by molar-refractivity contribution is 9.10. The maximum atomic E-state index is 14.2. The first-order chi connectivity index (χ1) is 8.23. The Bertz CT molecular complexity index is 438. The van der Waals surface area contributed by atoms with E-state index < -0.39 is 5.82 Å². The van der Waals surface area contributed by atoms with Crippen molar-refractivity contribution >= 4 is 27.5 Å². The standard InChI is InChI=1S/C12H18BrClFN3/c1-12(2,18(3)4)11(17-16)7-5-6-8(13)9(14)10(7)15/h5-6,11,17H,16H2,1-4H3. The molecule has 0 saturated heterocycles. The Morgan fingerprint density at radius 2 is 2.00 bits per heavy atom. The van der Waals surface area contributed by atoms with Crippen molar-refractivity contribution in [3.8, 4) is 0 Å². The van der Waals surface area contributed by atoms with Gasteiger partial charge in [0.2, 0.25) is 0 Å². The molecule has 1 atom stereocenters. The smallest absolute Gasteiger partial charge is 0.147 e. The highest BCUT2D eigenvalue weighted by Gasteiger charge is 2.34. The number of likely N-dealkylation sites (N-methyl/N-ethyl adjacent to an activating group) is 1. The van der Waals surface area contributed by atoms with Gasteiger partial charge in [-0.1, -0.05) is 17.7 Å². The summed E-state index contributed by atoms with van der Waals surface area (Å²) in [6, 6.07) is 3.02. The Hall–Kier alpha value is -0.200. The number of hydrogen-bond donors (Lipinski definition) is 2. The van der Waals surface area contributed by atoms with Crippen LogP contribution in [0.3, 0.4) is 0 Å². The highest BCUT2D eigenvalue weighted by atomic mass is 79.9. The van der Waals surface area contributed by atoms with Gasteiger partial charge in [-0.15, -0.1) is 0 Å². The van der Waals surface area contributed by atoms with E-state index in [9.17, 15) is 4.39 Å². The minimum Gasteiger partial charge on any atom is -0.302 e. The predicted octanol–water partition coefficient (Wildman–Crippen LogP) is 3.09. The van der Waals surface area contributed by atoms with E-state index in [2.05, 4.69) is 21.4 Å². The normalized spacial score (nSPS) is 14.1. The molecule has 3 N–H and O–H groups in total. The van der Waals surface area contributed by atoms with E-state index in [1.807, 2.05) is 32.8 Å². The summed E-state index contributed by atoms with van der Waals surface area (Å²) in [6.45, 7) is 3.96. The molecule has 0 bridgehead atoms. The van der Waals surface area contributed by atoms with Crippen molar-refractivity contribution < 1.29 is 4.39 Å². The summed E-state index contributed by atoms with van der Waals surface area (Å²) in [5, 5.41) is 0.0716. The number of halogens is 3. The molecule has 0 heterocycles. The maximum Gasteiger partial charge on any atom is 0.147 e. The number of nitrogens with one attached hydrogen (secondary N) is 1. The largest absolute Gasteiger partial charge is 0.302 e. The van der Waals surface area contributed by atoms with Gasteiger partial charge in [-0.3, -0.25) is 11.3 Å². The zero-order valence-electron chi connectivity index (χ0n) is 10.9. The van der Waals surface area contributed by atoms with Crippen LogP contribution in [0.5, 0.6) is 0 Å². The van der Waals surface area contributed by atoms with Gasteiger partial charge in [-0.05, 0) is 49.9 Å². The van der Waals surface area contributed by atoms with Gasteiger partial charge in [-0.2, -0.15) is 0 Å². The van der Waals surface area contributed by atoms with E-state index in [1.165, 1.54) is 0 Å². The van der Waals surface area contributed by atoms with Gasteiger partial charge in [0, 0.05) is 15.6 Å². The zero-order valence-corrected chi connectivity index (χ0v) is 13.2. The van der Waals surface area contributed by atoms with Gasteiger partial charge in [0.1, 0.15) is 5.82 Å². The Balaban J connectivity index is 3.31. The van der Waals surface area contributed by atoms with E-state index in [0.29, 0.717) is 10.0 Å². The van der Waals surface area contributed by atoms with Crippen molar-refractivity contribution in [2.24, 2.45) is 5.84 Å². The van der Waals surface area contributed by atoms with Crippen molar-refractivity contribution in [1.82, 2.24) is 10.3 Å². The van der Waals surface area contributed by atoms with Crippen LogP contribution in [0.2, 0.25) is 5.02 Å². The molecule has 3 nitrogen and oxygen atoms in total. The molecule has 0 aliphatic rings. The molecule has 1 aromatic rings. The third-order valence-corrected chi connectivity index (χ3v) is 4.66. The molecule has 1 rings (SSSR count). The fourth-order valence-corrected chi connectivity index (χ4v) is 2.17. The van der Waals surface area contributed by atoms with Gasteiger partial charge >= 0.3 is 0 Å².